The molecule has 0 aliphatic heterocycles. The molecule has 390 valence electrons. The van der Waals surface area contributed by atoms with Crippen molar-refractivity contribution in [2.45, 2.75) is 308 Å². The van der Waals surface area contributed by atoms with E-state index in [1.54, 1.807) is 0 Å². The average molecular weight is 1110 g/mol. The van der Waals surface area contributed by atoms with Crippen molar-refractivity contribution >= 4 is 106 Å². The van der Waals surface area contributed by atoms with Crippen molar-refractivity contribution in [3.05, 3.63) is 0 Å². The second-order valence-corrected chi connectivity index (χ2v) is 109. The molecule has 2 nitrogen and oxygen atoms in total. The first-order valence-corrected chi connectivity index (χ1v) is 66.0. The molecule has 14 heteroatoms. The van der Waals surface area contributed by atoms with E-state index in [1.807, 2.05) is 0 Å². The average Bonchev–Trinajstić information content (AvgIpc) is 2.89. The summed E-state index contributed by atoms with van der Waals surface area (Å²) < 4.78 is 0. The van der Waals surface area contributed by atoms with Crippen molar-refractivity contribution in [3.8, 4) is 0 Å². The van der Waals surface area contributed by atoms with Crippen LogP contribution in [0.25, 0.3) is 0 Å². The Morgan fingerprint density at radius 1 is 0.318 bits per heavy atom. The van der Waals surface area contributed by atoms with E-state index in [-0.39, 0.29) is 21.9 Å². The summed E-state index contributed by atoms with van der Waals surface area (Å²) in [7, 11) is -22.5. The lowest BCUT2D eigenvalue weighted by molar-refractivity contribution is 0.288. The van der Waals surface area contributed by atoms with E-state index in [2.05, 4.69) is 254 Å². The number of nitrogens with zero attached hydrogens (tertiary/aromatic N) is 2. The quantitative estimate of drug-likeness (QED) is 0.0808. The lowest BCUT2D eigenvalue weighted by atomic mass is 9.82. The largest absolute Gasteiger partial charge is 0.245 e. The van der Waals surface area contributed by atoms with E-state index in [4.69, 9.17) is 20.9 Å². The highest BCUT2D eigenvalue weighted by Crippen LogP contribution is 2.60. The maximum Gasteiger partial charge on any atom is 0.0959 e. The summed E-state index contributed by atoms with van der Waals surface area (Å²) in [6.07, 6.45) is 2.17. The lowest BCUT2D eigenvalue weighted by Gasteiger charge is -2.65. The Kier molecular flexibility index (Phi) is 22.1. The van der Waals surface area contributed by atoms with Gasteiger partial charge in [0.25, 0.3) is 0 Å². The minimum Gasteiger partial charge on any atom is -0.245 e. The third kappa shape index (κ3) is 17.4. The van der Waals surface area contributed by atoms with Crippen LogP contribution in [0.3, 0.4) is 0 Å². The van der Waals surface area contributed by atoms with Crippen LogP contribution >= 0.6 is 0 Å². The van der Waals surface area contributed by atoms with Crippen molar-refractivity contribution in [2.75, 3.05) is 0 Å². The fraction of sp³-hybridized carbons (Fsp3) is 0.962. The van der Waals surface area contributed by atoms with Gasteiger partial charge in [0.2, 0.25) is 0 Å². The van der Waals surface area contributed by atoms with Gasteiger partial charge in [-0.2, -0.15) is 0 Å². The first kappa shape index (κ1) is 67.8. The van der Waals surface area contributed by atoms with Crippen molar-refractivity contribution in [2.24, 2.45) is 20.8 Å². The molecule has 0 aromatic carbocycles. The Balaban J connectivity index is 11.9. The molecule has 0 fully saturated rings. The molecule has 0 heterocycles. The Labute approximate surface area is 431 Å². The molecule has 0 bridgehead atoms. The van der Waals surface area contributed by atoms with Gasteiger partial charge in [0.05, 0.1) is 41.1 Å². The van der Waals surface area contributed by atoms with Crippen LogP contribution in [-0.2, 0) is 0 Å². The molecule has 0 radical (unpaired) electrons. The fourth-order valence-electron chi connectivity index (χ4n) is 17.6. The Hall–Kier alpha value is 1.76. The van der Waals surface area contributed by atoms with Gasteiger partial charge in [0.1, 0.15) is 0 Å². The van der Waals surface area contributed by atoms with Crippen molar-refractivity contribution in [1.29, 1.82) is 0 Å². The molecule has 0 unspecified atom stereocenters. The van der Waals surface area contributed by atoms with Gasteiger partial charge in [-0.1, -0.05) is 268 Å². The molecule has 0 saturated heterocycles. The maximum absolute atomic E-state index is 6.25. The van der Waals surface area contributed by atoms with Gasteiger partial charge >= 0.3 is 0 Å². The maximum atomic E-state index is 6.25. The zero-order valence-corrected chi connectivity index (χ0v) is 64.8. The van der Waals surface area contributed by atoms with Gasteiger partial charge in [-0.25, -0.2) is 9.98 Å². The summed E-state index contributed by atoms with van der Waals surface area (Å²) in [5.74, 6) is 0. The predicted octanol–water partition coefficient (Wildman–Crippen LogP) is 18.8. The van der Waals surface area contributed by atoms with E-state index in [0.717, 1.165) is 32.0 Å². The van der Waals surface area contributed by atoms with Crippen LogP contribution in [0.5, 0.6) is 0 Å². The number of hydrogen-bond donors (Lipinski definition) is 0. The highest BCUT2D eigenvalue weighted by atomic mass is 29.8. The second kappa shape index (κ2) is 21.5. The first-order valence-electron chi connectivity index (χ1n) is 26.9. The molecule has 0 saturated carbocycles. The molecule has 0 aromatic heterocycles. The van der Waals surface area contributed by atoms with Crippen molar-refractivity contribution in [3.63, 3.8) is 0 Å². The molecule has 0 amide bonds. The first-order chi connectivity index (χ1) is 28.2. The minimum absolute atomic E-state index is 0.182. The molecule has 0 rings (SSSR count). The van der Waals surface area contributed by atoms with Crippen LogP contribution in [0.4, 0.5) is 0 Å². The molecule has 0 spiro atoms. The SMILES string of the molecule is CC(C)[Si](C([Si](C)(C)C)[Si](C)(C)C)(C([Si](C)(C)C)[Si](C)(C)C)[Si](=C=NC(C)(C)CC(C)(C)C)[Si](=C=NC(C)(C)CC(C)(C)C)[Si](C(C)C)(C([Si](C)(C)C)[Si](C)(C)C)C([Si](C)(C)C)[Si](C)(C)C. The molecule has 0 aromatic rings. The highest BCUT2D eigenvalue weighted by molar-refractivity contribution is 7.76. The summed E-state index contributed by atoms with van der Waals surface area (Å²) in [6.45, 7) is 105. The fourth-order valence-corrected chi connectivity index (χ4v) is 224. The molecule has 0 atom stereocenters. The van der Waals surface area contributed by atoms with Crippen LogP contribution in [0.2, 0.25) is 187 Å². The molecule has 0 N–H and O–H groups in total. The van der Waals surface area contributed by atoms with Crippen LogP contribution < -0.4 is 0 Å². The monoisotopic (exact) mass is 1110 g/mol. The van der Waals surface area contributed by atoms with Gasteiger partial charge in [0.15, 0.2) is 0 Å². The zero-order valence-electron chi connectivity index (χ0n) is 52.8. The summed E-state index contributed by atoms with van der Waals surface area (Å²) >= 11 is 0. The third-order valence-electron chi connectivity index (χ3n) is 14.7. The summed E-state index contributed by atoms with van der Waals surface area (Å²) in [5, 5.41) is 0. The van der Waals surface area contributed by atoms with Crippen LogP contribution in [0.1, 0.15) is 110 Å². The summed E-state index contributed by atoms with van der Waals surface area (Å²) in [6, 6.07) is 0. The summed E-state index contributed by atoms with van der Waals surface area (Å²) in [5.41, 5.74) is 11.2. The zero-order chi connectivity index (χ0) is 53.9. The minimum atomic E-state index is -2.49. The van der Waals surface area contributed by atoms with Crippen LogP contribution in [0.15, 0.2) is 9.98 Å². The lowest BCUT2D eigenvalue weighted by Crippen LogP contribution is -2.82. The summed E-state index contributed by atoms with van der Waals surface area (Å²) in [4.78, 5) is 16.0. The third-order valence-corrected chi connectivity index (χ3v) is 129. The van der Waals surface area contributed by atoms with E-state index in [1.165, 1.54) is 0 Å². The number of aliphatic imine (C=N–C) groups is 2. The Morgan fingerprint density at radius 2 is 0.470 bits per heavy atom. The Bertz CT molecular complexity index is 1490. The van der Waals surface area contributed by atoms with E-state index in [0.29, 0.717) is 11.1 Å². The van der Waals surface area contributed by atoms with Gasteiger partial charge in [-0.15, -0.1) is 0 Å². The molecular formula is C52H124N2Si12. The smallest absolute Gasteiger partial charge is 0.0959 e. The van der Waals surface area contributed by atoms with E-state index < -0.39 is 94.7 Å². The van der Waals surface area contributed by atoms with Crippen molar-refractivity contribution in [1.82, 2.24) is 0 Å². The van der Waals surface area contributed by atoms with Gasteiger partial charge < -0.3 is 0 Å². The topological polar surface area (TPSA) is 24.7 Å². The number of rotatable bonds is 21. The van der Waals surface area contributed by atoms with Gasteiger partial charge in [0, 0.05) is 64.6 Å². The Morgan fingerprint density at radius 3 is 0.576 bits per heavy atom. The van der Waals surface area contributed by atoms with E-state index in [9.17, 15) is 0 Å². The predicted molar refractivity (Wildman–Crippen MR) is 346 cm³/mol. The molecule has 66 heavy (non-hydrogen) atoms. The molecule has 0 aliphatic carbocycles. The van der Waals surface area contributed by atoms with Crippen LogP contribution in [0, 0.1) is 10.8 Å². The highest BCUT2D eigenvalue weighted by Gasteiger charge is 2.71. The molecular weight excluding hydrogens is 990 g/mol. The van der Waals surface area contributed by atoms with Crippen LogP contribution in [-0.4, -0.2) is 117 Å². The van der Waals surface area contributed by atoms with Gasteiger partial charge in [-0.3, -0.25) is 0 Å². The second-order valence-electron chi connectivity index (χ2n) is 35.1. The standard InChI is InChI=1S/C52H124N2Si12/c1-43(2)65(45(57(15,16)17)58(18,19)20,46(59(21,22)23)60(24,25)26)55(41-53-51(11,12)39-49(5,6)7)56(42-54-52(13,14)40-50(8,9)10)66(44(3)4,47(61(27,28)29)62(30,31)32)48(63(33,34)35)64(36,37)38/h43-48H,39-40H2,1-38H3. The molecule has 0 aliphatic rings. The van der Waals surface area contributed by atoms with Crippen molar-refractivity contribution < 1.29 is 0 Å². The van der Waals surface area contributed by atoms with Gasteiger partial charge in [-0.05, 0) is 51.4 Å². The normalized spacial score (nSPS) is 15.6. The van der Waals surface area contributed by atoms with E-state index >= 15 is 0 Å². The number of hydrogen-bond acceptors (Lipinski definition) is 2.